The molecule has 1 aromatic carbocycles. The third-order valence-corrected chi connectivity index (χ3v) is 4.87. The summed E-state index contributed by atoms with van der Waals surface area (Å²) in [6.45, 7) is 8.82. The van der Waals surface area contributed by atoms with Crippen LogP contribution in [0.15, 0.2) is 35.3 Å². The summed E-state index contributed by atoms with van der Waals surface area (Å²) in [7, 11) is 4.05. The smallest absolute Gasteiger partial charge is 0.191 e. The molecule has 4 nitrogen and oxygen atoms in total. The number of guanidine groups is 1. The van der Waals surface area contributed by atoms with Crippen molar-refractivity contribution in [1.29, 1.82) is 0 Å². The quantitative estimate of drug-likeness (QED) is 0.647. The Balaban J connectivity index is 1.79. The summed E-state index contributed by atoms with van der Waals surface area (Å²) in [4.78, 5) is 6.78. The summed E-state index contributed by atoms with van der Waals surface area (Å²) in [5, 5.41) is 6.98. The van der Waals surface area contributed by atoms with E-state index >= 15 is 0 Å². The van der Waals surface area contributed by atoms with Gasteiger partial charge in [0, 0.05) is 25.6 Å². The third-order valence-electron chi connectivity index (χ3n) is 4.87. The van der Waals surface area contributed by atoms with Crippen LogP contribution in [-0.4, -0.2) is 51.1 Å². The number of hydrogen-bond donors (Lipinski definition) is 2. The third kappa shape index (κ3) is 5.54. The molecule has 0 amide bonds. The van der Waals surface area contributed by atoms with Crippen molar-refractivity contribution in [1.82, 2.24) is 15.5 Å². The lowest BCUT2D eigenvalue weighted by atomic mass is 9.85. The molecule has 4 heteroatoms. The van der Waals surface area contributed by atoms with Gasteiger partial charge in [0.15, 0.2) is 5.96 Å². The summed E-state index contributed by atoms with van der Waals surface area (Å²) in [6, 6.07) is 10.6. The van der Waals surface area contributed by atoms with Crippen LogP contribution >= 0.6 is 0 Å². The number of aliphatic imine (C=N–C) groups is 1. The molecule has 0 saturated carbocycles. The maximum atomic E-state index is 4.37. The summed E-state index contributed by atoms with van der Waals surface area (Å²) < 4.78 is 0. The van der Waals surface area contributed by atoms with Gasteiger partial charge in [-0.05, 0) is 44.5 Å². The van der Waals surface area contributed by atoms with Crippen molar-refractivity contribution in [3.8, 4) is 0 Å². The van der Waals surface area contributed by atoms with E-state index in [1.165, 1.54) is 31.5 Å². The summed E-state index contributed by atoms with van der Waals surface area (Å²) in [5.74, 6) is 1.67. The first-order valence-electron chi connectivity index (χ1n) is 8.70. The zero-order chi connectivity index (χ0) is 16.7. The van der Waals surface area contributed by atoms with Crippen LogP contribution in [0.5, 0.6) is 0 Å². The van der Waals surface area contributed by atoms with Crippen LogP contribution in [0.4, 0.5) is 0 Å². The van der Waals surface area contributed by atoms with Crippen LogP contribution in [0.2, 0.25) is 0 Å². The Labute approximate surface area is 141 Å². The summed E-state index contributed by atoms with van der Waals surface area (Å²) in [6.07, 6.45) is 2.55. The Morgan fingerprint density at radius 3 is 2.43 bits per heavy atom. The van der Waals surface area contributed by atoms with Crippen molar-refractivity contribution < 1.29 is 0 Å². The first-order chi connectivity index (χ1) is 11.0. The second-order valence-corrected chi connectivity index (χ2v) is 7.30. The van der Waals surface area contributed by atoms with Gasteiger partial charge in [-0.3, -0.25) is 4.99 Å². The largest absolute Gasteiger partial charge is 0.356 e. The molecule has 2 N–H and O–H groups in total. The first-order valence-corrected chi connectivity index (χ1v) is 8.70. The molecule has 1 aromatic rings. The van der Waals surface area contributed by atoms with E-state index in [1.807, 2.05) is 7.05 Å². The Hall–Kier alpha value is -1.55. The van der Waals surface area contributed by atoms with E-state index in [1.54, 1.807) is 0 Å². The van der Waals surface area contributed by atoms with Crippen molar-refractivity contribution in [2.24, 2.45) is 10.9 Å². The lowest BCUT2D eigenvalue weighted by Gasteiger charge is -2.30. The molecule has 0 unspecified atom stereocenters. The number of rotatable bonds is 5. The van der Waals surface area contributed by atoms with Crippen molar-refractivity contribution in [2.45, 2.75) is 32.1 Å². The molecule has 1 heterocycles. The highest BCUT2D eigenvalue weighted by molar-refractivity contribution is 5.79. The zero-order valence-electron chi connectivity index (χ0n) is 15.1. The molecule has 0 aliphatic carbocycles. The molecule has 1 aliphatic heterocycles. The predicted molar refractivity (Wildman–Crippen MR) is 99.1 cm³/mol. The molecule has 1 fully saturated rings. The van der Waals surface area contributed by atoms with Crippen molar-refractivity contribution in [3.63, 3.8) is 0 Å². The number of benzene rings is 1. The summed E-state index contributed by atoms with van der Waals surface area (Å²) >= 11 is 0. The molecular weight excluding hydrogens is 284 g/mol. The van der Waals surface area contributed by atoms with Gasteiger partial charge in [-0.1, -0.05) is 44.2 Å². The Kier molecular flexibility index (Phi) is 6.46. The fourth-order valence-electron chi connectivity index (χ4n) is 3.02. The molecule has 0 bridgehead atoms. The molecule has 0 aromatic heterocycles. The Morgan fingerprint density at radius 1 is 1.17 bits per heavy atom. The van der Waals surface area contributed by atoms with Crippen molar-refractivity contribution in [2.75, 3.05) is 40.3 Å². The van der Waals surface area contributed by atoms with Crippen LogP contribution in [0.3, 0.4) is 0 Å². The SMILES string of the molecule is CN=C(NCC1CCN(C)CC1)NCC(C)(C)c1ccccc1. The highest BCUT2D eigenvalue weighted by Crippen LogP contribution is 2.21. The van der Waals surface area contributed by atoms with E-state index in [9.17, 15) is 0 Å². The molecule has 23 heavy (non-hydrogen) atoms. The number of piperidine rings is 1. The zero-order valence-corrected chi connectivity index (χ0v) is 15.1. The maximum absolute atomic E-state index is 4.37. The molecule has 0 radical (unpaired) electrons. The molecule has 1 saturated heterocycles. The molecule has 128 valence electrons. The Morgan fingerprint density at radius 2 is 1.83 bits per heavy atom. The lowest BCUT2D eigenvalue weighted by molar-refractivity contribution is 0.220. The number of likely N-dealkylation sites (tertiary alicyclic amines) is 1. The van der Waals surface area contributed by atoms with Gasteiger partial charge < -0.3 is 15.5 Å². The molecular formula is C19H32N4. The van der Waals surface area contributed by atoms with E-state index < -0.39 is 0 Å². The highest BCUT2D eigenvalue weighted by atomic mass is 15.2. The second kappa shape index (κ2) is 8.34. The van der Waals surface area contributed by atoms with E-state index in [-0.39, 0.29) is 5.41 Å². The minimum Gasteiger partial charge on any atom is -0.356 e. The minimum absolute atomic E-state index is 0.0758. The topological polar surface area (TPSA) is 39.7 Å². The maximum Gasteiger partial charge on any atom is 0.191 e. The number of nitrogens with one attached hydrogen (secondary N) is 2. The molecule has 1 aliphatic rings. The van der Waals surface area contributed by atoms with Crippen molar-refractivity contribution >= 4 is 5.96 Å². The van der Waals surface area contributed by atoms with E-state index in [0.717, 1.165) is 25.0 Å². The monoisotopic (exact) mass is 316 g/mol. The van der Waals surface area contributed by atoms with Crippen molar-refractivity contribution in [3.05, 3.63) is 35.9 Å². The van der Waals surface area contributed by atoms with Crippen LogP contribution in [-0.2, 0) is 5.41 Å². The molecule has 2 rings (SSSR count). The minimum atomic E-state index is 0.0758. The van der Waals surface area contributed by atoms with Crippen LogP contribution in [0.1, 0.15) is 32.3 Å². The van der Waals surface area contributed by atoms with E-state index in [2.05, 4.69) is 71.8 Å². The fraction of sp³-hybridized carbons (Fsp3) is 0.632. The fourth-order valence-corrected chi connectivity index (χ4v) is 3.02. The van der Waals surface area contributed by atoms with Gasteiger partial charge in [-0.15, -0.1) is 0 Å². The summed E-state index contributed by atoms with van der Waals surface area (Å²) in [5.41, 5.74) is 1.42. The number of nitrogens with zero attached hydrogens (tertiary/aromatic N) is 2. The van der Waals surface area contributed by atoms with Crippen LogP contribution in [0, 0.1) is 5.92 Å². The standard InChI is InChI=1S/C19H32N4/c1-19(2,17-8-6-5-7-9-17)15-22-18(20-3)21-14-16-10-12-23(4)13-11-16/h5-9,16H,10-15H2,1-4H3,(H2,20,21,22). The second-order valence-electron chi connectivity index (χ2n) is 7.30. The van der Waals surface area contributed by atoms with Crippen LogP contribution in [0.25, 0.3) is 0 Å². The molecule has 0 spiro atoms. The normalized spacial score (nSPS) is 18.0. The lowest BCUT2D eigenvalue weighted by Crippen LogP contribution is -2.45. The van der Waals surface area contributed by atoms with Gasteiger partial charge in [0.1, 0.15) is 0 Å². The molecule has 0 atom stereocenters. The van der Waals surface area contributed by atoms with Gasteiger partial charge in [0.05, 0.1) is 0 Å². The van der Waals surface area contributed by atoms with Gasteiger partial charge in [-0.25, -0.2) is 0 Å². The van der Waals surface area contributed by atoms with E-state index in [0.29, 0.717) is 0 Å². The highest BCUT2D eigenvalue weighted by Gasteiger charge is 2.21. The van der Waals surface area contributed by atoms with Crippen LogP contribution < -0.4 is 10.6 Å². The predicted octanol–water partition coefficient (Wildman–Crippen LogP) is 2.47. The Bertz CT molecular complexity index is 487. The van der Waals surface area contributed by atoms with Gasteiger partial charge in [0.2, 0.25) is 0 Å². The average Bonchev–Trinajstić information content (AvgIpc) is 2.57. The van der Waals surface area contributed by atoms with Gasteiger partial charge in [0.25, 0.3) is 0 Å². The number of hydrogen-bond acceptors (Lipinski definition) is 2. The average molecular weight is 316 g/mol. The van der Waals surface area contributed by atoms with Gasteiger partial charge >= 0.3 is 0 Å². The van der Waals surface area contributed by atoms with Gasteiger partial charge in [-0.2, -0.15) is 0 Å². The first kappa shape index (κ1) is 17.8. The van der Waals surface area contributed by atoms with E-state index in [4.69, 9.17) is 0 Å².